The molecule has 8 nitrogen and oxygen atoms in total. The van der Waals surface area contributed by atoms with Crippen LogP contribution in [0.4, 0.5) is 0 Å². The monoisotopic (exact) mass is 672 g/mol. The second-order valence-corrected chi connectivity index (χ2v) is 15.5. The number of nitrogens with one attached hydrogen (secondary N) is 1. The van der Waals surface area contributed by atoms with E-state index in [1.807, 2.05) is 0 Å². The summed E-state index contributed by atoms with van der Waals surface area (Å²) in [6.45, 7) is 3.37. The van der Waals surface area contributed by atoms with Crippen LogP contribution in [0.3, 0.4) is 0 Å². The number of nitrogens with zero attached hydrogens (tertiary/aromatic N) is 1. The number of carbonyl (C=O) groups excluding carboxylic acids is 2. The Morgan fingerprint density at radius 2 is 1.33 bits per heavy atom. The number of H-pyrrole nitrogens is 1. The molecule has 1 N–H and O–H groups in total. The number of pyridine rings is 2. The average molecular weight is 675 g/mol. The summed E-state index contributed by atoms with van der Waals surface area (Å²) in [6, 6.07) is 10.1. The van der Waals surface area contributed by atoms with Crippen LogP contribution in [0.15, 0.2) is 41.2 Å². The lowest BCUT2D eigenvalue weighted by Gasteiger charge is -2.09. The molecular weight excluding hydrogens is 656 g/mol. The van der Waals surface area contributed by atoms with E-state index in [1.54, 1.807) is 44.2 Å². The summed E-state index contributed by atoms with van der Waals surface area (Å²) in [5.74, 6) is -1.15. The Bertz CT molecular complexity index is 1660. The number of hydrogen-bond donors (Lipinski definition) is 1. The van der Waals surface area contributed by atoms with Crippen LogP contribution >= 0.6 is 73.7 Å². The maximum atomic E-state index is 12.1. The van der Waals surface area contributed by atoms with Crippen molar-refractivity contribution in [2.45, 2.75) is 13.8 Å². The fraction of sp³-hybridized carbons (Fsp3) is 0.167. The topological polar surface area (TPSA) is 115 Å². The Morgan fingerprint density at radius 1 is 0.846 bits per heavy atom. The first-order valence-electron chi connectivity index (χ1n) is 10.5. The van der Waals surface area contributed by atoms with Gasteiger partial charge < -0.3 is 14.5 Å². The van der Waals surface area contributed by atoms with Gasteiger partial charge in [0.1, 0.15) is 11.1 Å². The smallest absolute Gasteiger partial charge is 0.343 e. The fourth-order valence-electron chi connectivity index (χ4n) is 3.38. The van der Waals surface area contributed by atoms with Crippen molar-refractivity contribution in [2.24, 2.45) is 0 Å². The second kappa shape index (κ2) is 14.0. The van der Waals surface area contributed by atoms with Gasteiger partial charge in [0.15, 0.2) is 0 Å². The zero-order valence-corrected chi connectivity index (χ0v) is 26.0. The molecule has 2 aromatic carbocycles. The quantitative estimate of drug-likeness (QED) is 0.167. The molecule has 0 bridgehead atoms. The van der Waals surface area contributed by atoms with Crippen LogP contribution in [0.5, 0.6) is 0 Å². The van der Waals surface area contributed by atoms with E-state index in [0.29, 0.717) is 48.3 Å². The number of aromatic nitrogens is 2. The third-order valence-corrected chi connectivity index (χ3v) is 5.86. The van der Waals surface area contributed by atoms with Crippen molar-refractivity contribution in [3.8, 4) is 0 Å². The molecule has 208 valence electrons. The predicted molar refractivity (Wildman–Crippen MR) is 159 cm³/mol. The Balaban J connectivity index is 0.000000234. The predicted octanol–water partition coefficient (Wildman–Crippen LogP) is 8.72. The molecule has 0 spiro atoms. The fourth-order valence-corrected chi connectivity index (χ4v) is 4.09. The largest absolute Gasteiger partial charge is 0.465 e. The van der Waals surface area contributed by atoms with Gasteiger partial charge in [-0.3, -0.25) is 14.3 Å². The molecule has 2 heterocycles. The number of aromatic amines is 1. The molecule has 39 heavy (non-hydrogen) atoms. The normalized spacial score (nSPS) is 10.7. The molecule has 15 heteroatoms. The van der Waals surface area contributed by atoms with Crippen molar-refractivity contribution in [1.82, 2.24) is 9.97 Å². The van der Waals surface area contributed by atoms with Crippen molar-refractivity contribution in [2.75, 3.05) is 14.2 Å². The minimum Gasteiger partial charge on any atom is -0.465 e. The first-order valence-corrected chi connectivity index (χ1v) is 16.1. The molecule has 0 aliphatic rings. The summed E-state index contributed by atoms with van der Waals surface area (Å²) in [5.41, 5.74) is 2.29. The highest BCUT2D eigenvalue weighted by Crippen LogP contribution is 2.61. The number of rotatable bonds is 2. The standard InChI is InChI=1S/C12H9Cl2NO2.C12H10ClNO3.Cl3OP/c1-6-10(12(16)17-2)11(14)8-5-7(13)3-4-9(8)15-6;1-6-10(12(16)17-2)11(15)8-5-7(13)3-4-9(8)14-6;1-5(2,3)4/h3-5H,1-2H3;3-5H,1-2H3,(H,14,15);. The molecule has 0 atom stereocenters. The number of halogens is 6. The molecule has 0 unspecified atom stereocenters. The molecule has 4 rings (SSSR count). The highest BCUT2D eigenvalue weighted by molar-refractivity contribution is 8.24. The molecule has 0 saturated carbocycles. The molecule has 4 aromatic rings. The van der Waals surface area contributed by atoms with Crippen LogP contribution in [-0.4, -0.2) is 36.1 Å². The van der Waals surface area contributed by atoms with E-state index < -0.39 is 17.1 Å². The van der Waals surface area contributed by atoms with Crippen LogP contribution in [0.25, 0.3) is 21.8 Å². The zero-order chi connectivity index (χ0) is 29.7. The van der Waals surface area contributed by atoms with Crippen LogP contribution in [-0.2, 0) is 14.0 Å². The highest BCUT2D eigenvalue weighted by Gasteiger charge is 2.19. The summed E-state index contributed by atoms with van der Waals surface area (Å²) in [7, 11) is 2.55. The Kier molecular flexibility index (Phi) is 11.9. The van der Waals surface area contributed by atoms with E-state index in [9.17, 15) is 18.9 Å². The van der Waals surface area contributed by atoms with Gasteiger partial charge in [0.05, 0.1) is 30.5 Å². The van der Waals surface area contributed by atoms with Gasteiger partial charge in [-0.25, -0.2) is 9.59 Å². The van der Waals surface area contributed by atoms with E-state index in [0.717, 1.165) is 0 Å². The number of methoxy groups -OCH3 is 2. The van der Waals surface area contributed by atoms with Crippen LogP contribution in [0.2, 0.25) is 15.1 Å². The van der Waals surface area contributed by atoms with Gasteiger partial charge in [-0.05, 0) is 84.0 Å². The molecule has 0 fully saturated rings. The van der Waals surface area contributed by atoms with Gasteiger partial charge in [0.25, 0.3) is 0 Å². The van der Waals surface area contributed by atoms with E-state index in [4.69, 9.17) is 34.8 Å². The molecule has 0 radical (unpaired) electrons. The summed E-state index contributed by atoms with van der Waals surface area (Å²) in [4.78, 5) is 42.5. The van der Waals surface area contributed by atoms with E-state index in [2.05, 4.69) is 53.2 Å². The van der Waals surface area contributed by atoms with Crippen molar-refractivity contribution in [3.05, 3.63) is 84.2 Å². The summed E-state index contributed by atoms with van der Waals surface area (Å²) < 4.78 is 18.8. The van der Waals surface area contributed by atoms with Gasteiger partial charge >= 0.3 is 17.1 Å². The zero-order valence-electron chi connectivity index (χ0n) is 20.6. The lowest BCUT2D eigenvalue weighted by molar-refractivity contribution is 0.0590. The number of hydrogen-bond acceptors (Lipinski definition) is 7. The first kappa shape index (κ1) is 33.2. The lowest BCUT2D eigenvalue weighted by Crippen LogP contribution is -2.19. The maximum absolute atomic E-state index is 12.1. The number of fused-ring (bicyclic) bond motifs is 2. The maximum Gasteiger partial charge on any atom is 0.343 e. The Labute approximate surface area is 252 Å². The number of ether oxygens (including phenoxy) is 2. The van der Waals surface area contributed by atoms with E-state index >= 15 is 0 Å². The van der Waals surface area contributed by atoms with E-state index in [-0.39, 0.29) is 16.6 Å². The summed E-state index contributed by atoms with van der Waals surface area (Å²) >= 11 is 31.8. The molecule has 0 amide bonds. The number of esters is 2. The molecule has 0 aliphatic carbocycles. The lowest BCUT2D eigenvalue weighted by atomic mass is 10.1. The number of carbonyl (C=O) groups is 2. The molecule has 0 aliphatic heterocycles. The van der Waals surface area contributed by atoms with Crippen molar-refractivity contribution in [3.63, 3.8) is 0 Å². The average Bonchev–Trinajstić information content (AvgIpc) is 2.84. The van der Waals surface area contributed by atoms with Crippen molar-refractivity contribution in [1.29, 1.82) is 0 Å². The van der Waals surface area contributed by atoms with Crippen LogP contribution in [0, 0.1) is 13.8 Å². The van der Waals surface area contributed by atoms with Gasteiger partial charge in [-0.2, -0.15) is 0 Å². The molecule has 0 saturated heterocycles. The Morgan fingerprint density at radius 3 is 1.87 bits per heavy atom. The van der Waals surface area contributed by atoms with Gasteiger partial charge in [0, 0.05) is 32.0 Å². The third-order valence-electron chi connectivity index (χ3n) is 4.99. The first-order chi connectivity index (χ1) is 18.1. The summed E-state index contributed by atoms with van der Waals surface area (Å²) in [5, 5.41) is -0.890. The van der Waals surface area contributed by atoms with Gasteiger partial charge in [0.2, 0.25) is 5.43 Å². The van der Waals surface area contributed by atoms with Gasteiger partial charge in [-0.1, -0.05) is 34.8 Å². The number of benzene rings is 2. The van der Waals surface area contributed by atoms with Crippen LogP contribution < -0.4 is 5.43 Å². The van der Waals surface area contributed by atoms with E-state index in [1.165, 1.54) is 20.3 Å². The van der Waals surface area contributed by atoms with Crippen molar-refractivity contribution < 1.29 is 23.6 Å². The van der Waals surface area contributed by atoms with Crippen LogP contribution in [0.1, 0.15) is 32.1 Å². The molecule has 2 aromatic heterocycles. The second-order valence-electron chi connectivity index (χ2n) is 7.57. The minimum absolute atomic E-state index is 0.0160. The number of aryl methyl sites for hydroxylation is 2. The highest BCUT2D eigenvalue weighted by atomic mass is 36.0. The third kappa shape index (κ3) is 8.98. The van der Waals surface area contributed by atoms with Gasteiger partial charge in [-0.15, -0.1) is 0 Å². The molecular formula is C24H19Cl6N2O6P. The summed E-state index contributed by atoms with van der Waals surface area (Å²) in [6.07, 6.45) is 0. The Hall–Kier alpha value is -2.03. The SMILES string of the molecule is COC(=O)c1c(C)[nH]c2ccc(Cl)cc2c1=O.COC(=O)c1c(C)nc2ccc(Cl)cc2c1Cl.O=P(Cl)(Cl)Cl. The minimum atomic E-state index is -3.22. The van der Waals surface area contributed by atoms with Crippen molar-refractivity contribution >= 4 is 107 Å².